The average molecular weight is 386 g/mol. The lowest BCUT2D eigenvalue weighted by molar-refractivity contribution is -0.149. The van der Waals surface area contributed by atoms with E-state index in [4.69, 9.17) is 9.47 Å². The van der Waals surface area contributed by atoms with Gasteiger partial charge in [0.15, 0.2) is 0 Å². The normalized spacial score (nSPS) is 11.2. The summed E-state index contributed by atoms with van der Waals surface area (Å²) in [5.74, 6) is -0.799. The first-order valence-electron chi connectivity index (χ1n) is 9.77. The summed E-state index contributed by atoms with van der Waals surface area (Å²) < 4.78 is 9.89. The Kier molecular flexibility index (Phi) is 5.43. The van der Waals surface area contributed by atoms with E-state index in [-0.39, 0.29) is 19.2 Å². The SMILES string of the molecule is C=CC(=O)OCCOC(=O)CCCc1ccc2ccc3cccc4ccc1c2c34. The van der Waals surface area contributed by atoms with E-state index in [1.807, 2.05) is 0 Å². The predicted octanol–water partition coefficient (Wildman–Crippen LogP) is 5.18. The van der Waals surface area contributed by atoms with E-state index < -0.39 is 5.97 Å². The van der Waals surface area contributed by atoms with E-state index in [1.54, 1.807) is 0 Å². The molecule has 0 unspecified atom stereocenters. The lowest BCUT2D eigenvalue weighted by atomic mass is 9.90. The third-order valence-corrected chi connectivity index (χ3v) is 5.20. The highest BCUT2D eigenvalue weighted by molar-refractivity contribution is 6.23. The van der Waals surface area contributed by atoms with Crippen LogP contribution in [0.1, 0.15) is 18.4 Å². The fourth-order valence-electron chi connectivity index (χ4n) is 3.87. The standard InChI is InChI=1S/C25H22O4/c1-2-22(26)28-15-16-29-23(27)8-4-5-17-9-10-20-12-11-18-6-3-7-19-13-14-21(17)25(20)24(18)19/h2-3,6-7,9-14H,1,4-5,8,15-16H2. The molecule has 0 spiro atoms. The van der Waals surface area contributed by atoms with Gasteiger partial charge in [-0.2, -0.15) is 0 Å². The minimum atomic E-state index is -0.518. The van der Waals surface area contributed by atoms with E-state index >= 15 is 0 Å². The molecule has 29 heavy (non-hydrogen) atoms. The number of rotatable bonds is 8. The van der Waals surface area contributed by atoms with Crippen LogP contribution in [0, 0.1) is 0 Å². The number of carbonyl (C=O) groups excluding carboxylic acids is 2. The third-order valence-electron chi connectivity index (χ3n) is 5.20. The summed E-state index contributed by atoms with van der Waals surface area (Å²) in [4.78, 5) is 22.8. The quantitative estimate of drug-likeness (QED) is 0.181. The highest BCUT2D eigenvalue weighted by Crippen LogP contribution is 2.36. The van der Waals surface area contributed by atoms with E-state index in [0.29, 0.717) is 12.8 Å². The summed E-state index contributed by atoms with van der Waals surface area (Å²) in [5, 5.41) is 7.58. The van der Waals surface area contributed by atoms with E-state index in [0.717, 1.165) is 12.5 Å². The Morgan fingerprint density at radius 3 is 2.24 bits per heavy atom. The smallest absolute Gasteiger partial charge is 0.330 e. The first kappa shape index (κ1) is 18.9. The number of aryl methyl sites for hydroxylation is 1. The zero-order chi connectivity index (χ0) is 20.2. The maximum atomic E-state index is 11.9. The van der Waals surface area contributed by atoms with Crippen molar-refractivity contribution in [1.82, 2.24) is 0 Å². The molecule has 0 saturated carbocycles. The molecule has 4 nitrogen and oxygen atoms in total. The van der Waals surface area contributed by atoms with Crippen LogP contribution in [0.2, 0.25) is 0 Å². The molecule has 0 N–H and O–H groups in total. The molecule has 4 aromatic carbocycles. The van der Waals surface area contributed by atoms with Gasteiger partial charge in [-0.05, 0) is 50.7 Å². The molecule has 4 rings (SSSR count). The monoisotopic (exact) mass is 386 g/mol. The fraction of sp³-hybridized carbons (Fsp3) is 0.200. The van der Waals surface area contributed by atoms with Gasteiger partial charge in [-0.25, -0.2) is 4.79 Å². The Balaban J connectivity index is 1.43. The molecule has 0 aliphatic carbocycles. The second kappa shape index (κ2) is 8.31. The van der Waals surface area contributed by atoms with Crippen LogP contribution in [0.3, 0.4) is 0 Å². The van der Waals surface area contributed by atoms with Gasteiger partial charge < -0.3 is 9.47 Å². The Labute approximate surface area is 169 Å². The molecule has 4 heteroatoms. The van der Waals surface area contributed by atoms with Crippen molar-refractivity contribution in [2.24, 2.45) is 0 Å². The second-order valence-electron chi connectivity index (χ2n) is 7.03. The van der Waals surface area contributed by atoms with Crippen LogP contribution in [0.5, 0.6) is 0 Å². The second-order valence-corrected chi connectivity index (χ2v) is 7.03. The zero-order valence-electron chi connectivity index (χ0n) is 16.1. The van der Waals surface area contributed by atoms with Crippen LogP contribution in [-0.4, -0.2) is 25.2 Å². The molecule has 0 fully saturated rings. The summed E-state index contributed by atoms with van der Waals surface area (Å²) in [5.41, 5.74) is 1.24. The summed E-state index contributed by atoms with van der Waals surface area (Å²) in [6.07, 6.45) is 2.92. The summed E-state index contributed by atoms with van der Waals surface area (Å²) in [6.45, 7) is 3.42. The van der Waals surface area contributed by atoms with E-state index in [9.17, 15) is 9.59 Å². The molecule has 146 valence electrons. The number of hydrogen-bond donors (Lipinski definition) is 0. The Morgan fingerprint density at radius 2 is 1.48 bits per heavy atom. The maximum absolute atomic E-state index is 11.9. The van der Waals surface area contributed by atoms with Crippen LogP contribution in [0.25, 0.3) is 32.3 Å². The van der Waals surface area contributed by atoms with Crippen molar-refractivity contribution in [3.63, 3.8) is 0 Å². The lowest BCUT2D eigenvalue weighted by Crippen LogP contribution is -2.12. The number of esters is 2. The van der Waals surface area contributed by atoms with Crippen molar-refractivity contribution in [2.75, 3.05) is 13.2 Å². The molecule has 0 aliphatic heterocycles. The van der Waals surface area contributed by atoms with Gasteiger partial charge in [-0.1, -0.05) is 61.2 Å². The highest BCUT2D eigenvalue weighted by atomic mass is 16.6. The van der Waals surface area contributed by atoms with Crippen molar-refractivity contribution >= 4 is 44.3 Å². The van der Waals surface area contributed by atoms with Gasteiger partial charge in [-0.3, -0.25) is 4.79 Å². The minimum Gasteiger partial charge on any atom is -0.462 e. The Morgan fingerprint density at radius 1 is 0.828 bits per heavy atom. The maximum Gasteiger partial charge on any atom is 0.330 e. The molecule has 0 amide bonds. The Hall–Kier alpha value is -3.40. The minimum absolute atomic E-state index is 0.0472. The number of ether oxygens (including phenoxy) is 2. The van der Waals surface area contributed by atoms with Crippen LogP contribution in [-0.2, 0) is 25.5 Å². The van der Waals surface area contributed by atoms with Gasteiger partial charge >= 0.3 is 11.9 Å². The molecule has 0 saturated heterocycles. The molecular formula is C25H22O4. The summed E-state index contributed by atoms with van der Waals surface area (Å²) in [7, 11) is 0. The molecule has 0 radical (unpaired) electrons. The van der Waals surface area contributed by atoms with Gasteiger partial charge in [0.05, 0.1) is 0 Å². The average Bonchev–Trinajstić information content (AvgIpc) is 2.75. The van der Waals surface area contributed by atoms with Crippen LogP contribution in [0.4, 0.5) is 0 Å². The molecule has 0 aromatic heterocycles. The molecule has 0 heterocycles. The fourth-order valence-corrected chi connectivity index (χ4v) is 3.87. The largest absolute Gasteiger partial charge is 0.462 e. The van der Waals surface area contributed by atoms with E-state index in [1.165, 1.54) is 37.9 Å². The number of carbonyl (C=O) groups is 2. The first-order chi connectivity index (χ1) is 14.2. The van der Waals surface area contributed by atoms with Gasteiger partial charge in [0, 0.05) is 12.5 Å². The first-order valence-corrected chi connectivity index (χ1v) is 9.77. The number of hydrogen-bond acceptors (Lipinski definition) is 4. The van der Waals surface area contributed by atoms with Gasteiger partial charge in [-0.15, -0.1) is 0 Å². The molecule has 0 aliphatic rings. The molecule has 0 atom stereocenters. The highest BCUT2D eigenvalue weighted by Gasteiger charge is 2.11. The van der Waals surface area contributed by atoms with Crippen LogP contribution < -0.4 is 0 Å². The van der Waals surface area contributed by atoms with Gasteiger partial charge in [0.25, 0.3) is 0 Å². The van der Waals surface area contributed by atoms with Crippen molar-refractivity contribution in [3.05, 3.63) is 72.8 Å². The van der Waals surface area contributed by atoms with Crippen molar-refractivity contribution in [2.45, 2.75) is 19.3 Å². The zero-order valence-corrected chi connectivity index (χ0v) is 16.1. The van der Waals surface area contributed by atoms with Crippen molar-refractivity contribution in [3.8, 4) is 0 Å². The van der Waals surface area contributed by atoms with Gasteiger partial charge in [0.1, 0.15) is 13.2 Å². The molecular weight excluding hydrogens is 364 g/mol. The number of benzene rings is 4. The summed E-state index contributed by atoms with van der Waals surface area (Å²) >= 11 is 0. The topological polar surface area (TPSA) is 52.6 Å². The van der Waals surface area contributed by atoms with Crippen molar-refractivity contribution in [1.29, 1.82) is 0 Å². The van der Waals surface area contributed by atoms with E-state index in [2.05, 4.69) is 61.2 Å². The Bertz CT molecular complexity index is 1180. The third kappa shape index (κ3) is 3.92. The molecule has 4 aromatic rings. The summed E-state index contributed by atoms with van der Waals surface area (Å²) in [6, 6.07) is 19.4. The van der Waals surface area contributed by atoms with Crippen LogP contribution >= 0.6 is 0 Å². The van der Waals surface area contributed by atoms with Gasteiger partial charge in [0.2, 0.25) is 0 Å². The lowest BCUT2D eigenvalue weighted by Gasteiger charge is -2.13. The van der Waals surface area contributed by atoms with Crippen LogP contribution in [0.15, 0.2) is 67.3 Å². The molecule has 0 bridgehead atoms. The predicted molar refractivity (Wildman–Crippen MR) is 115 cm³/mol. The van der Waals surface area contributed by atoms with Crippen molar-refractivity contribution < 1.29 is 19.1 Å².